The number of esters is 1. The second-order valence-corrected chi connectivity index (χ2v) is 6.14. The van der Waals surface area contributed by atoms with Crippen LogP contribution in [0.15, 0.2) is 18.3 Å². The number of nitro groups is 1. The van der Waals surface area contributed by atoms with Gasteiger partial charge in [-0.1, -0.05) is 0 Å². The third-order valence-corrected chi connectivity index (χ3v) is 4.69. The lowest BCUT2D eigenvalue weighted by Crippen LogP contribution is -2.20. The summed E-state index contributed by atoms with van der Waals surface area (Å²) in [5, 5.41) is 25.5. The van der Waals surface area contributed by atoms with Gasteiger partial charge < -0.3 is 9.84 Å². The summed E-state index contributed by atoms with van der Waals surface area (Å²) in [7, 11) is 1.19. The average molecular weight is 333 g/mol. The Morgan fingerprint density at radius 1 is 1.42 bits per heavy atom. The first-order valence-electron chi connectivity index (χ1n) is 7.90. The summed E-state index contributed by atoms with van der Waals surface area (Å²) in [4.78, 5) is 22.4. The number of carbonyl (C=O) groups is 1. The van der Waals surface area contributed by atoms with Gasteiger partial charge in [0.25, 0.3) is 5.69 Å². The van der Waals surface area contributed by atoms with Gasteiger partial charge in [-0.15, -0.1) is 0 Å². The smallest absolute Gasteiger partial charge is 0.344 e. The molecule has 3 rings (SSSR count). The van der Waals surface area contributed by atoms with Crippen molar-refractivity contribution in [2.75, 3.05) is 13.7 Å². The molecule has 1 heterocycles. The first kappa shape index (κ1) is 16.4. The van der Waals surface area contributed by atoms with Crippen molar-refractivity contribution in [1.82, 2.24) is 9.78 Å². The molecular weight excluding hydrogens is 314 g/mol. The fraction of sp³-hybridized carbons (Fsp3) is 0.500. The van der Waals surface area contributed by atoms with E-state index in [0.29, 0.717) is 16.8 Å². The van der Waals surface area contributed by atoms with E-state index in [4.69, 9.17) is 0 Å². The molecule has 24 heavy (non-hydrogen) atoms. The first-order chi connectivity index (χ1) is 11.5. The molecule has 1 aliphatic rings. The van der Waals surface area contributed by atoms with Crippen molar-refractivity contribution in [1.29, 1.82) is 0 Å². The monoisotopic (exact) mass is 333 g/mol. The Morgan fingerprint density at radius 2 is 2.12 bits per heavy atom. The molecule has 0 saturated heterocycles. The van der Waals surface area contributed by atoms with Gasteiger partial charge in [0.2, 0.25) is 0 Å². The van der Waals surface area contributed by atoms with Crippen molar-refractivity contribution in [3.8, 4) is 0 Å². The van der Waals surface area contributed by atoms with Gasteiger partial charge in [-0.25, -0.2) is 4.79 Å². The van der Waals surface area contributed by atoms with Gasteiger partial charge in [0.1, 0.15) is 5.56 Å². The number of carbonyl (C=O) groups excluding carboxylic acids is 1. The Labute approximate surface area is 138 Å². The SMILES string of the molecule is COC(=O)c1cc2nn([C@H]3CC[C@H](CO)CC3)cc2cc1[N+](=O)[O-]. The molecule has 0 aliphatic heterocycles. The Hall–Kier alpha value is -2.48. The van der Waals surface area contributed by atoms with Crippen LogP contribution in [0.1, 0.15) is 42.1 Å². The molecule has 8 nitrogen and oxygen atoms in total. The lowest BCUT2D eigenvalue weighted by atomic mass is 9.87. The molecule has 1 aromatic carbocycles. The number of nitrogens with zero attached hydrogens (tertiary/aromatic N) is 3. The number of nitro benzene ring substituents is 1. The number of aliphatic hydroxyl groups is 1. The Balaban J connectivity index is 1.96. The van der Waals surface area contributed by atoms with Gasteiger partial charge >= 0.3 is 5.97 Å². The van der Waals surface area contributed by atoms with Gasteiger partial charge in [0.15, 0.2) is 0 Å². The molecule has 0 amide bonds. The van der Waals surface area contributed by atoms with E-state index in [2.05, 4.69) is 9.84 Å². The maximum absolute atomic E-state index is 11.8. The minimum atomic E-state index is -0.749. The third-order valence-electron chi connectivity index (χ3n) is 4.69. The summed E-state index contributed by atoms with van der Waals surface area (Å²) in [5.41, 5.74) is 0.160. The number of aliphatic hydroxyl groups excluding tert-OH is 1. The van der Waals surface area contributed by atoms with Crippen LogP contribution in [0, 0.1) is 16.0 Å². The molecule has 8 heteroatoms. The van der Waals surface area contributed by atoms with Gasteiger partial charge in [0, 0.05) is 24.3 Å². The number of fused-ring (bicyclic) bond motifs is 1. The first-order valence-corrected chi connectivity index (χ1v) is 7.90. The molecule has 0 radical (unpaired) electrons. The summed E-state index contributed by atoms with van der Waals surface area (Å²) in [5.74, 6) is -0.403. The topological polar surface area (TPSA) is 107 Å². The molecule has 0 bridgehead atoms. The molecule has 1 aliphatic carbocycles. The minimum absolute atomic E-state index is 0.0933. The highest BCUT2D eigenvalue weighted by Crippen LogP contribution is 2.33. The number of ether oxygens (including phenoxy) is 1. The second kappa shape index (κ2) is 6.56. The maximum Gasteiger partial charge on any atom is 0.344 e. The van der Waals surface area contributed by atoms with Crippen LogP contribution < -0.4 is 0 Å². The van der Waals surface area contributed by atoms with Crippen LogP contribution in [0.2, 0.25) is 0 Å². The van der Waals surface area contributed by atoms with Gasteiger partial charge in [-0.05, 0) is 37.7 Å². The maximum atomic E-state index is 11.8. The molecule has 0 unspecified atom stereocenters. The lowest BCUT2D eigenvalue weighted by Gasteiger charge is -2.27. The van der Waals surface area contributed by atoms with E-state index in [0.717, 1.165) is 25.7 Å². The van der Waals surface area contributed by atoms with Gasteiger partial charge in [-0.2, -0.15) is 5.10 Å². The number of rotatable bonds is 4. The molecule has 1 fully saturated rings. The zero-order valence-electron chi connectivity index (χ0n) is 13.3. The van der Waals surface area contributed by atoms with E-state index < -0.39 is 10.9 Å². The standard InChI is InChI=1S/C16H19N3O5/c1-24-16(21)13-7-14-11(6-15(13)19(22)23)8-18(17-14)12-4-2-10(9-20)3-5-12/h6-8,10,12,20H,2-5,9H2,1H3/t10-,12-. The van der Waals surface area contributed by atoms with Crippen LogP contribution >= 0.6 is 0 Å². The van der Waals surface area contributed by atoms with E-state index in [9.17, 15) is 20.0 Å². The number of benzene rings is 1. The third kappa shape index (κ3) is 2.96. The van der Waals surface area contributed by atoms with Crippen LogP contribution in [-0.4, -0.2) is 39.5 Å². The highest BCUT2D eigenvalue weighted by Gasteiger charge is 2.25. The van der Waals surface area contributed by atoms with E-state index >= 15 is 0 Å². The van der Waals surface area contributed by atoms with Crippen LogP contribution in [0.3, 0.4) is 0 Å². The highest BCUT2D eigenvalue weighted by atomic mass is 16.6. The zero-order chi connectivity index (χ0) is 17.3. The Bertz CT molecular complexity index is 777. The van der Waals surface area contributed by atoms with Crippen LogP contribution in [-0.2, 0) is 4.74 Å². The second-order valence-electron chi connectivity index (χ2n) is 6.14. The molecule has 128 valence electrons. The molecule has 1 N–H and O–H groups in total. The molecular formula is C16H19N3O5. The van der Waals surface area contributed by atoms with Crippen molar-refractivity contribution < 1.29 is 19.6 Å². The van der Waals surface area contributed by atoms with Crippen molar-refractivity contribution in [2.24, 2.45) is 5.92 Å². The van der Waals surface area contributed by atoms with E-state index in [1.54, 1.807) is 6.20 Å². The largest absolute Gasteiger partial charge is 0.465 e. The fourth-order valence-electron chi connectivity index (χ4n) is 3.28. The highest BCUT2D eigenvalue weighted by molar-refractivity contribution is 5.99. The number of hydrogen-bond donors (Lipinski definition) is 1. The van der Waals surface area contributed by atoms with Crippen LogP contribution in [0.5, 0.6) is 0 Å². The Kier molecular flexibility index (Phi) is 4.48. The summed E-state index contributed by atoms with van der Waals surface area (Å²) in [6.07, 6.45) is 5.47. The van der Waals surface area contributed by atoms with E-state index in [1.807, 2.05) is 4.68 Å². The summed E-state index contributed by atoms with van der Waals surface area (Å²) >= 11 is 0. The zero-order valence-corrected chi connectivity index (χ0v) is 13.3. The number of methoxy groups -OCH3 is 1. The molecule has 1 saturated carbocycles. The van der Waals surface area contributed by atoms with Crippen molar-refractivity contribution >= 4 is 22.6 Å². The summed E-state index contributed by atoms with van der Waals surface area (Å²) < 4.78 is 6.44. The number of aromatic nitrogens is 2. The van der Waals surface area contributed by atoms with Gasteiger partial charge in [0.05, 0.1) is 23.6 Å². The predicted molar refractivity (Wildman–Crippen MR) is 85.8 cm³/mol. The van der Waals surface area contributed by atoms with E-state index in [1.165, 1.54) is 19.2 Å². The van der Waals surface area contributed by atoms with Crippen molar-refractivity contribution in [2.45, 2.75) is 31.7 Å². The molecule has 0 spiro atoms. The Morgan fingerprint density at radius 3 is 2.71 bits per heavy atom. The molecule has 2 aromatic rings. The summed E-state index contributed by atoms with van der Waals surface area (Å²) in [6.45, 7) is 0.211. The van der Waals surface area contributed by atoms with E-state index in [-0.39, 0.29) is 23.9 Å². The fourth-order valence-corrected chi connectivity index (χ4v) is 3.28. The minimum Gasteiger partial charge on any atom is -0.465 e. The molecule has 1 aromatic heterocycles. The predicted octanol–water partition coefficient (Wildman–Crippen LogP) is 2.45. The van der Waals surface area contributed by atoms with Crippen LogP contribution in [0.25, 0.3) is 10.9 Å². The van der Waals surface area contributed by atoms with Crippen molar-refractivity contribution in [3.63, 3.8) is 0 Å². The summed E-state index contributed by atoms with van der Waals surface area (Å²) in [6, 6.07) is 2.99. The average Bonchev–Trinajstić information content (AvgIpc) is 3.02. The molecule has 0 atom stereocenters. The lowest BCUT2D eigenvalue weighted by molar-refractivity contribution is -0.385. The van der Waals surface area contributed by atoms with Gasteiger partial charge in [-0.3, -0.25) is 14.8 Å². The van der Waals surface area contributed by atoms with Crippen LogP contribution in [0.4, 0.5) is 5.69 Å². The van der Waals surface area contributed by atoms with Crippen molar-refractivity contribution in [3.05, 3.63) is 34.0 Å². The number of hydrogen-bond acceptors (Lipinski definition) is 6. The quantitative estimate of drug-likeness (QED) is 0.523. The normalized spacial score (nSPS) is 20.9.